The van der Waals surface area contributed by atoms with Gasteiger partial charge in [0, 0.05) is 12.2 Å². The van der Waals surface area contributed by atoms with Crippen LogP contribution in [0.2, 0.25) is 0 Å². The highest BCUT2D eigenvalue weighted by atomic mass is 16.5. The van der Waals surface area contributed by atoms with E-state index in [0.29, 0.717) is 5.69 Å². The Morgan fingerprint density at radius 2 is 2.00 bits per heavy atom. The van der Waals surface area contributed by atoms with E-state index >= 15 is 0 Å². The van der Waals surface area contributed by atoms with Crippen LogP contribution in [0.25, 0.3) is 0 Å². The van der Waals surface area contributed by atoms with Crippen molar-refractivity contribution in [3.05, 3.63) is 47.3 Å². The van der Waals surface area contributed by atoms with E-state index in [1.165, 1.54) is 0 Å². The smallest absolute Gasteiger partial charge is 0.310 e. The second kappa shape index (κ2) is 6.92. The van der Waals surface area contributed by atoms with E-state index < -0.39 is 0 Å². The number of benzene rings is 1. The molecule has 0 spiro atoms. The van der Waals surface area contributed by atoms with Gasteiger partial charge in [0.05, 0.1) is 17.8 Å². The van der Waals surface area contributed by atoms with E-state index in [2.05, 4.69) is 12.0 Å². The molecule has 1 heterocycles. The average Bonchev–Trinajstić information content (AvgIpc) is 2.90. The lowest BCUT2D eigenvalue weighted by molar-refractivity contribution is -0.144. The van der Waals surface area contributed by atoms with Gasteiger partial charge in [-0.2, -0.15) is 5.10 Å². The summed E-state index contributed by atoms with van der Waals surface area (Å²) in [6, 6.07) is 9.22. The molecule has 1 aromatic heterocycles. The summed E-state index contributed by atoms with van der Waals surface area (Å²) in [7, 11) is 0. The van der Waals surface area contributed by atoms with Gasteiger partial charge in [-0.15, -0.1) is 0 Å². The zero-order valence-corrected chi connectivity index (χ0v) is 12.5. The highest BCUT2D eigenvalue weighted by Crippen LogP contribution is 2.10. The van der Waals surface area contributed by atoms with Crippen LogP contribution >= 0.6 is 0 Å². The van der Waals surface area contributed by atoms with E-state index in [1.807, 2.05) is 29.8 Å². The number of nitrogens with zero attached hydrogens (tertiary/aromatic N) is 2. The van der Waals surface area contributed by atoms with Crippen molar-refractivity contribution < 1.29 is 9.53 Å². The molecule has 0 bridgehead atoms. The Labute approximate surface area is 124 Å². The number of esters is 1. The molecule has 5 nitrogen and oxygen atoms in total. The van der Waals surface area contributed by atoms with Gasteiger partial charge in [-0.3, -0.25) is 9.48 Å². The molecule has 0 saturated carbocycles. The maximum Gasteiger partial charge on any atom is 0.310 e. The third kappa shape index (κ3) is 4.08. The second-order valence-corrected chi connectivity index (χ2v) is 4.88. The van der Waals surface area contributed by atoms with Crippen LogP contribution in [0.3, 0.4) is 0 Å². The SMILES string of the molecule is CCc1cc(COC(=O)Cc2ccc(N)cc2)n(CC)n1. The van der Waals surface area contributed by atoms with Crippen LogP contribution < -0.4 is 5.73 Å². The Balaban J connectivity index is 1.91. The zero-order chi connectivity index (χ0) is 15.2. The molecule has 112 valence electrons. The number of carbonyl (C=O) groups is 1. The molecule has 2 N–H and O–H groups in total. The van der Waals surface area contributed by atoms with Gasteiger partial charge >= 0.3 is 5.97 Å². The van der Waals surface area contributed by atoms with Crippen LogP contribution in [0.5, 0.6) is 0 Å². The Morgan fingerprint density at radius 3 is 2.62 bits per heavy atom. The predicted octanol–water partition coefficient (Wildman–Crippen LogP) is 2.33. The monoisotopic (exact) mass is 287 g/mol. The maximum absolute atomic E-state index is 11.9. The fourth-order valence-electron chi connectivity index (χ4n) is 2.09. The number of anilines is 1. The molecule has 5 heteroatoms. The van der Waals surface area contributed by atoms with E-state index in [4.69, 9.17) is 10.5 Å². The Bertz CT molecular complexity index is 602. The van der Waals surface area contributed by atoms with Gasteiger partial charge in [0.2, 0.25) is 0 Å². The minimum atomic E-state index is -0.248. The first-order chi connectivity index (χ1) is 10.1. The van der Waals surface area contributed by atoms with Crippen LogP contribution in [0, 0.1) is 0 Å². The lowest BCUT2D eigenvalue weighted by atomic mass is 10.1. The number of ether oxygens (including phenoxy) is 1. The molecule has 0 atom stereocenters. The van der Waals surface area contributed by atoms with E-state index in [9.17, 15) is 4.79 Å². The molecule has 0 radical (unpaired) electrons. The van der Waals surface area contributed by atoms with Crippen molar-refractivity contribution in [2.75, 3.05) is 5.73 Å². The first-order valence-electron chi connectivity index (χ1n) is 7.18. The Morgan fingerprint density at radius 1 is 1.29 bits per heavy atom. The van der Waals surface area contributed by atoms with Gasteiger partial charge < -0.3 is 10.5 Å². The molecular formula is C16H21N3O2. The maximum atomic E-state index is 11.9. The largest absolute Gasteiger partial charge is 0.459 e. The average molecular weight is 287 g/mol. The summed E-state index contributed by atoms with van der Waals surface area (Å²) in [5.41, 5.74) is 9.14. The van der Waals surface area contributed by atoms with E-state index in [1.54, 1.807) is 12.1 Å². The second-order valence-electron chi connectivity index (χ2n) is 4.88. The quantitative estimate of drug-likeness (QED) is 0.654. The fraction of sp³-hybridized carbons (Fsp3) is 0.375. The summed E-state index contributed by atoms with van der Waals surface area (Å²) in [6.45, 7) is 5.10. The first kappa shape index (κ1) is 15.1. The Kier molecular flexibility index (Phi) is 4.98. The zero-order valence-electron chi connectivity index (χ0n) is 12.5. The normalized spacial score (nSPS) is 10.6. The van der Waals surface area contributed by atoms with Crippen LogP contribution in [-0.2, 0) is 35.5 Å². The number of hydrogen-bond acceptors (Lipinski definition) is 4. The number of nitrogens with two attached hydrogens (primary N) is 1. The highest BCUT2D eigenvalue weighted by molar-refractivity contribution is 5.72. The molecular weight excluding hydrogens is 266 g/mol. The lowest BCUT2D eigenvalue weighted by Gasteiger charge is -2.07. The molecule has 21 heavy (non-hydrogen) atoms. The topological polar surface area (TPSA) is 70.1 Å². The van der Waals surface area contributed by atoms with Crippen LogP contribution in [0.1, 0.15) is 30.8 Å². The summed E-state index contributed by atoms with van der Waals surface area (Å²) in [6.07, 6.45) is 1.13. The minimum absolute atomic E-state index is 0.248. The third-order valence-electron chi connectivity index (χ3n) is 3.28. The summed E-state index contributed by atoms with van der Waals surface area (Å²) in [4.78, 5) is 11.9. The Hall–Kier alpha value is -2.30. The predicted molar refractivity (Wildman–Crippen MR) is 81.6 cm³/mol. The van der Waals surface area contributed by atoms with Crippen LogP contribution in [0.15, 0.2) is 30.3 Å². The number of nitrogen functional groups attached to an aromatic ring is 1. The van der Waals surface area contributed by atoms with Crippen molar-refractivity contribution in [2.45, 2.75) is 39.8 Å². The number of aromatic nitrogens is 2. The highest BCUT2D eigenvalue weighted by Gasteiger charge is 2.09. The van der Waals surface area contributed by atoms with E-state index in [-0.39, 0.29) is 19.0 Å². The fourth-order valence-corrected chi connectivity index (χ4v) is 2.09. The van der Waals surface area contributed by atoms with Gasteiger partial charge in [-0.05, 0) is 37.1 Å². The number of rotatable bonds is 6. The van der Waals surface area contributed by atoms with Crippen LogP contribution in [0.4, 0.5) is 5.69 Å². The summed E-state index contributed by atoms with van der Waals surface area (Å²) in [5.74, 6) is -0.248. The lowest BCUT2D eigenvalue weighted by Crippen LogP contribution is -2.11. The summed E-state index contributed by atoms with van der Waals surface area (Å²) < 4.78 is 7.20. The molecule has 0 aliphatic rings. The standard InChI is InChI=1S/C16H21N3O2/c1-3-14-10-15(19(4-2)18-14)11-21-16(20)9-12-5-7-13(17)8-6-12/h5-8,10H,3-4,9,11,17H2,1-2H3. The van der Waals surface area contributed by atoms with Crippen molar-refractivity contribution in [1.82, 2.24) is 9.78 Å². The summed E-state index contributed by atoms with van der Waals surface area (Å²) in [5, 5.41) is 4.43. The summed E-state index contributed by atoms with van der Waals surface area (Å²) >= 11 is 0. The molecule has 1 aromatic carbocycles. The molecule has 0 aliphatic carbocycles. The number of aryl methyl sites for hydroxylation is 2. The van der Waals surface area contributed by atoms with Gasteiger partial charge in [0.25, 0.3) is 0 Å². The molecule has 0 fully saturated rings. The van der Waals surface area contributed by atoms with Crippen LogP contribution in [-0.4, -0.2) is 15.7 Å². The van der Waals surface area contributed by atoms with Gasteiger partial charge in [-0.1, -0.05) is 19.1 Å². The first-order valence-corrected chi connectivity index (χ1v) is 7.18. The van der Waals surface area contributed by atoms with Gasteiger partial charge in [0.15, 0.2) is 0 Å². The number of carbonyl (C=O) groups excluding carboxylic acids is 1. The molecule has 2 rings (SSSR count). The molecule has 0 aliphatic heterocycles. The van der Waals surface area contributed by atoms with Crippen molar-refractivity contribution in [2.24, 2.45) is 0 Å². The van der Waals surface area contributed by atoms with Gasteiger partial charge in [0.1, 0.15) is 6.61 Å². The molecule has 2 aromatic rings. The van der Waals surface area contributed by atoms with E-state index in [0.717, 1.165) is 29.9 Å². The van der Waals surface area contributed by atoms with Crippen molar-refractivity contribution in [3.63, 3.8) is 0 Å². The molecule has 0 unspecified atom stereocenters. The molecule has 0 saturated heterocycles. The number of hydrogen-bond donors (Lipinski definition) is 1. The molecule has 0 amide bonds. The van der Waals surface area contributed by atoms with Crippen molar-refractivity contribution >= 4 is 11.7 Å². The third-order valence-corrected chi connectivity index (χ3v) is 3.28. The minimum Gasteiger partial charge on any atom is -0.459 e. The van der Waals surface area contributed by atoms with Crippen molar-refractivity contribution in [1.29, 1.82) is 0 Å². The van der Waals surface area contributed by atoms with Gasteiger partial charge in [-0.25, -0.2) is 0 Å². The van der Waals surface area contributed by atoms with Crippen molar-refractivity contribution in [3.8, 4) is 0 Å².